The lowest BCUT2D eigenvalue weighted by Gasteiger charge is -2.05. The predicted molar refractivity (Wildman–Crippen MR) is 72.4 cm³/mol. The van der Waals surface area contributed by atoms with Crippen molar-refractivity contribution < 1.29 is 9.53 Å². The number of hydrogen-bond acceptors (Lipinski definition) is 3. The van der Waals surface area contributed by atoms with Gasteiger partial charge >= 0.3 is 5.97 Å². The second-order valence-electron chi connectivity index (χ2n) is 4.79. The van der Waals surface area contributed by atoms with Crippen molar-refractivity contribution in [1.29, 1.82) is 0 Å². The van der Waals surface area contributed by atoms with Gasteiger partial charge in [0.05, 0.1) is 12.7 Å². The van der Waals surface area contributed by atoms with E-state index in [-0.39, 0.29) is 0 Å². The number of carbonyl (C=O) groups is 1. The van der Waals surface area contributed by atoms with Crippen LogP contribution in [0.25, 0.3) is 0 Å². The van der Waals surface area contributed by atoms with Gasteiger partial charge in [-0.05, 0) is 18.2 Å². The maximum Gasteiger partial charge on any atom is 0.339 e. The van der Waals surface area contributed by atoms with E-state index in [9.17, 15) is 4.79 Å². The molecule has 0 aliphatic rings. The molecule has 0 aliphatic heterocycles. The van der Waals surface area contributed by atoms with E-state index in [0.29, 0.717) is 11.3 Å². The van der Waals surface area contributed by atoms with E-state index in [4.69, 9.17) is 5.73 Å². The summed E-state index contributed by atoms with van der Waals surface area (Å²) in [6.07, 6.45) is 0. The van der Waals surface area contributed by atoms with Crippen molar-refractivity contribution in [1.82, 2.24) is 0 Å². The molecule has 1 aromatic carbocycles. The van der Waals surface area contributed by atoms with Crippen molar-refractivity contribution in [3.05, 3.63) is 29.3 Å². The molecule has 1 aromatic rings. The van der Waals surface area contributed by atoms with E-state index in [0.717, 1.165) is 5.56 Å². The highest BCUT2D eigenvalue weighted by Crippen LogP contribution is 2.15. The van der Waals surface area contributed by atoms with Gasteiger partial charge in [0.25, 0.3) is 0 Å². The number of carbonyl (C=O) groups excluding carboxylic acids is 1. The molecule has 0 heterocycles. The fraction of sp³-hybridized carbons (Fsp3) is 0.308. The van der Waals surface area contributed by atoms with Crippen molar-refractivity contribution in [3.63, 3.8) is 0 Å². The van der Waals surface area contributed by atoms with Gasteiger partial charge in [0.2, 0.25) is 0 Å². The lowest BCUT2D eigenvalue weighted by atomic mass is 10.1. The number of benzene rings is 1. The van der Waals surface area contributed by atoms with Crippen molar-refractivity contribution in [2.24, 2.45) is 0 Å². The van der Waals surface area contributed by atoms with Crippen LogP contribution in [0.4, 0.5) is 5.69 Å². The number of anilines is 1. The van der Waals surface area contributed by atoms with Gasteiger partial charge in [-0.1, -0.05) is 25.6 Å². The summed E-state index contributed by atoms with van der Waals surface area (Å²) in [7, 11) is -0.0592. The summed E-state index contributed by atoms with van der Waals surface area (Å²) in [4.78, 5) is 11.3. The third kappa shape index (κ3) is 3.97. The first-order chi connectivity index (χ1) is 7.83. The van der Waals surface area contributed by atoms with Crippen LogP contribution in [0.15, 0.2) is 18.2 Å². The summed E-state index contributed by atoms with van der Waals surface area (Å²) in [5, 5.41) is 0. The Morgan fingerprint density at radius 2 is 2.00 bits per heavy atom. The zero-order valence-corrected chi connectivity index (χ0v) is 11.6. The molecule has 17 heavy (non-hydrogen) atoms. The minimum Gasteiger partial charge on any atom is -0.465 e. The molecule has 0 saturated carbocycles. The van der Waals surface area contributed by atoms with E-state index in [1.54, 1.807) is 18.2 Å². The topological polar surface area (TPSA) is 52.3 Å². The maximum atomic E-state index is 11.3. The molecule has 4 heteroatoms. The van der Waals surface area contributed by atoms with Crippen molar-refractivity contribution in [2.75, 3.05) is 12.8 Å². The smallest absolute Gasteiger partial charge is 0.339 e. The minimum atomic E-state index is -1.39. The number of nitrogens with two attached hydrogens (primary N) is 1. The summed E-state index contributed by atoms with van der Waals surface area (Å²) in [5.74, 6) is 2.67. The molecule has 0 fully saturated rings. The summed E-state index contributed by atoms with van der Waals surface area (Å²) in [5.41, 5.74) is 10.6. The molecular weight excluding hydrogens is 230 g/mol. The van der Waals surface area contributed by atoms with Gasteiger partial charge in [0.1, 0.15) is 8.07 Å². The summed E-state index contributed by atoms with van der Waals surface area (Å²) < 4.78 is 4.62. The maximum absolute atomic E-state index is 11.3. The molecule has 2 N–H and O–H groups in total. The van der Waals surface area contributed by atoms with Crippen molar-refractivity contribution >= 4 is 19.7 Å². The average Bonchev–Trinajstić information content (AvgIpc) is 2.24. The second-order valence-corrected chi connectivity index (χ2v) is 9.54. The highest BCUT2D eigenvalue weighted by Gasteiger charge is 2.10. The van der Waals surface area contributed by atoms with E-state index in [2.05, 4.69) is 35.8 Å². The van der Waals surface area contributed by atoms with Gasteiger partial charge in [-0.2, -0.15) is 0 Å². The van der Waals surface area contributed by atoms with Gasteiger partial charge in [-0.25, -0.2) is 4.79 Å². The molecule has 0 bridgehead atoms. The van der Waals surface area contributed by atoms with Crippen LogP contribution >= 0.6 is 0 Å². The van der Waals surface area contributed by atoms with Crippen LogP contribution in [-0.4, -0.2) is 21.2 Å². The zero-order valence-electron chi connectivity index (χ0n) is 10.6. The molecule has 0 unspecified atom stereocenters. The SMILES string of the molecule is COC(=O)c1ccc(C#C[Si](C)(C)C)cc1N. The summed E-state index contributed by atoms with van der Waals surface area (Å²) in [6.45, 7) is 6.52. The van der Waals surface area contributed by atoms with Crippen LogP contribution in [0.1, 0.15) is 15.9 Å². The lowest BCUT2D eigenvalue weighted by molar-refractivity contribution is 0.0602. The minimum absolute atomic E-state index is 0.381. The Morgan fingerprint density at radius 3 is 2.47 bits per heavy atom. The number of rotatable bonds is 1. The summed E-state index contributed by atoms with van der Waals surface area (Å²) in [6, 6.07) is 5.14. The average molecular weight is 247 g/mol. The van der Waals surface area contributed by atoms with Gasteiger partial charge < -0.3 is 10.5 Å². The van der Waals surface area contributed by atoms with E-state index < -0.39 is 14.0 Å². The third-order valence-electron chi connectivity index (χ3n) is 2.04. The molecule has 0 aromatic heterocycles. The van der Waals surface area contributed by atoms with Crippen LogP contribution in [0.2, 0.25) is 19.6 Å². The van der Waals surface area contributed by atoms with Gasteiger partial charge in [-0.3, -0.25) is 0 Å². The molecule has 1 rings (SSSR count). The molecule has 0 aliphatic carbocycles. The first kappa shape index (κ1) is 13.3. The molecule has 0 radical (unpaired) electrons. The zero-order chi connectivity index (χ0) is 13.1. The standard InChI is InChI=1S/C13H17NO2Si/c1-16-13(15)11-6-5-10(9-12(11)14)7-8-17(2,3)4/h5-6,9H,14H2,1-4H3. The van der Waals surface area contributed by atoms with E-state index in [1.165, 1.54) is 7.11 Å². The highest BCUT2D eigenvalue weighted by atomic mass is 28.3. The molecule has 0 amide bonds. The number of nitrogen functional groups attached to an aromatic ring is 1. The first-order valence-corrected chi connectivity index (χ1v) is 8.84. The van der Waals surface area contributed by atoms with Crippen LogP contribution < -0.4 is 5.73 Å². The quantitative estimate of drug-likeness (QED) is 0.358. The Balaban J connectivity index is 3.04. The monoisotopic (exact) mass is 247 g/mol. The van der Waals surface area contributed by atoms with Gasteiger partial charge in [0, 0.05) is 11.3 Å². The van der Waals surface area contributed by atoms with Crippen LogP contribution in [0, 0.1) is 11.5 Å². The molecular formula is C13H17NO2Si. The highest BCUT2D eigenvalue weighted by molar-refractivity contribution is 6.83. The van der Waals surface area contributed by atoms with Gasteiger partial charge in [0.15, 0.2) is 0 Å². The van der Waals surface area contributed by atoms with Gasteiger partial charge in [-0.15, -0.1) is 5.54 Å². The number of esters is 1. The second kappa shape index (κ2) is 5.06. The van der Waals surface area contributed by atoms with Crippen LogP contribution in [-0.2, 0) is 4.74 Å². The van der Waals surface area contributed by atoms with E-state index >= 15 is 0 Å². The predicted octanol–water partition coefficient (Wildman–Crippen LogP) is 2.28. The first-order valence-electron chi connectivity index (χ1n) is 5.34. The van der Waals surface area contributed by atoms with E-state index in [1.807, 2.05) is 0 Å². The summed E-state index contributed by atoms with van der Waals surface area (Å²) >= 11 is 0. The Hall–Kier alpha value is -1.73. The molecule has 0 atom stereocenters. The van der Waals surface area contributed by atoms with Crippen LogP contribution in [0.3, 0.4) is 0 Å². The molecule has 90 valence electrons. The molecule has 0 spiro atoms. The Labute approximate surface area is 103 Å². The van der Waals surface area contributed by atoms with Crippen molar-refractivity contribution in [3.8, 4) is 11.5 Å². The largest absolute Gasteiger partial charge is 0.465 e. The van der Waals surface area contributed by atoms with Crippen LogP contribution in [0.5, 0.6) is 0 Å². The Morgan fingerprint density at radius 1 is 1.35 bits per heavy atom. The lowest BCUT2D eigenvalue weighted by Crippen LogP contribution is -2.16. The Bertz CT molecular complexity index is 492. The fourth-order valence-electron chi connectivity index (χ4n) is 1.20. The number of ether oxygens (including phenoxy) is 1. The fourth-order valence-corrected chi connectivity index (χ4v) is 1.72. The van der Waals surface area contributed by atoms with Crippen molar-refractivity contribution in [2.45, 2.75) is 19.6 Å². The third-order valence-corrected chi connectivity index (χ3v) is 2.91. The normalized spacial score (nSPS) is 10.4. The number of hydrogen-bond donors (Lipinski definition) is 1. The Kier molecular flexibility index (Phi) is 3.97. The molecule has 3 nitrogen and oxygen atoms in total. The molecule has 0 saturated heterocycles. The number of methoxy groups -OCH3 is 1.